The molecule has 3 heterocycles. The van der Waals surface area contributed by atoms with Gasteiger partial charge in [-0.15, -0.1) is 0 Å². The number of anilines is 1. The van der Waals surface area contributed by atoms with Crippen LogP contribution in [0.5, 0.6) is 0 Å². The highest BCUT2D eigenvalue weighted by molar-refractivity contribution is 5.93. The number of ketones is 1. The molecule has 2 aromatic heterocycles. The fourth-order valence-corrected chi connectivity index (χ4v) is 3.10. The van der Waals surface area contributed by atoms with Crippen LogP contribution >= 0.6 is 0 Å². The SMILES string of the molecule is CC(=O)c1ccc(N2CCC([C@H](O)c3nccn3C)CC2)nc1. The summed E-state index contributed by atoms with van der Waals surface area (Å²) in [4.78, 5) is 22.1. The molecule has 2 aromatic rings. The van der Waals surface area contributed by atoms with Crippen LogP contribution in [0.25, 0.3) is 0 Å². The Bertz CT molecular complexity index is 672. The number of rotatable bonds is 4. The first-order chi connectivity index (χ1) is 11.1. The van der Waals surface area contributed by atoms with E-state index < -0.39 is 6.10 Å². The molecule has 3 rings (SSSR count). The molecule has 122 valence electrons. The van der Waals surface area contributed by atoms with Gasteiger partial charge in [-0.2, -0.15) is 0 Å². The molecule has 1 saturated heterocycles. The van der Waals surface area contributed by atoms with E-state index in [4.69, 9.17) is 0 Å². The number of nitrogens with zero attached hydrogens (tertiary/aromatic N) is 4. The van der Waals surface area contributed by atoms with Crippen LogP contribution in [0.1, 0.15) is 42.1 Å². The zero-order chi connectivity index (χ0) is 16.4. The highest BCUT2D eigenvalue weighted by Crippen LogP contribution is 2.31. The third-order valence-electron chi connectivity index (χ3n) is 4.59. The van der Waals surface area contributed by atoms with Gasteiger partial charge in [0, 0.05) is 44.3 Å². The lowest BCUT2D eigenvalue weighted by Crippen LogP contribution is -2.36. The molecule has 0 radical (unpaired) electrons. The summed E-state index contributed by atoms with van der Waals surface area (Å²) in [6.45, 7) is 3.23. The van der Waals surface area contributed by atoms with Gasteiger partial charge >= 0.3 is 0 Å². The van der Waals surface area contributed by atoms with Crippen LogP contribution in [0, 0.1) is 5.92 Å². The van der Waals surface area contributed by atoms with Crippen LogP contribution in [0.3, 0.4) is 0 Å². The van der Waals surface area contributed by atoms with Crippen molar-refractivity contribution in [2.75, 3.05) is 18.0 Å². The highest BCUT2D eigenvalue weighted by atomic mass is 16.3. The van der Waals surface area contributed by atoms with Crippen molar-refractivity contribution in [3.8, 4) is 0 Å². The second kappa shape index (κ2) is 6.50. The molecule has 1 aliphatic rings. The molecule has 1 atom stereocenters. The topological polar surface area (TPSA) is 71.2 Å². The molecule has 0 amide bonds. The van der Waals surface area contributed by atoms with E-state index in [2.05, 4.69) is 14.9 Å². The van der Waals surface area contributed by atoms with Crippen molar-refractivity contribution in [1.82, 2.24) is 14.5 Å². The van der Waals surface area contributed by atoms with E-state index in [1.807, 2.05) is 29.9 Å². The Kier molecular flexibility index (Phi) is 4.43. The van der Waals surface area contributed by atoms with Crippen molar-refractivity contribution in [2.24, 2.45) is 13.0 Å². The van der Waals surface area contributed by atoms with Crippen molar-refractivity contribution in [2.45, 2.75) is 25.9 Å². The highest BCUT2D eigenvalue weighted by Gasteiger charge is 2.28. The zero-order valence-electron chi connectivity index (χ0n) is 13.5. The van der Waals surface area contributed by atoms with E-state index in [0.29, 0.717) is 5.56 Å². The monoisotopic (exact) mass is 314 g/mol. The third-order valence-corrected chi connectivity index (χ3v) is 4.59. The summed E-state index contributed by atoms with van der Waals surface area (Å²) in [7, 11) is 1.90. The number of aliphatic hydroxyl groups is 1. The average molecular weight is 314 g/mol. The number of aromatic nitrogens is 3. The molecule has 1 aliphatic heterocycles. The first-order valence-corrected chi connectivity index (χ1v) is 7.93. The van der Waals surface area contributed by atoms with Gasteiger partial charge in [0.25, 0.3) is 0 Å². The van der Waals surface area contributed by atoms with Crippen LogP contribution in [-0.4, -0.2) is 38.5 Å². The molecule has 0 aliphatic carbocycles. The van der Waals surface area contributed by atoms with Gasteiger partial charge < -0.3 is 14.6 Å². The average Bonchev–Trinajstić information content (AvgIpc) is 3.00. The predicted molar refractivity (Wildman–Crippen MR) is 87.3 cm³/mol. The number of piperidine rings is 1. The number of carbonyl (C=O) groups is 1. The van der Waals surface area contributed by atoms with Gasteiger partial charge in [-0.25, -0.2) is 9.97 Å². The molecule has 0 saturated carbocycles. The van der Waals surface area contributed by atoms with Gasteiger partial charge in [-0.05, 0) is 37.8 Å². The van der Waals surface area contributed by atoms with Gasteiger partial charge in [0.2, 0.25) is 0 Å². The summed E-state index contributed by atoms with van der Waals surface area (Å²) in [6.07, 6.45) is 6.47. The predicted octanol–water partition coefficient (Wildman–Crippen LogP) is 1.97. The van der Waals surface area contributed by atoms with Crippen LogP contribution in [0.2, 0.25) is 0 Å². The molecule has 6 nitrogen and oxygen atoms in total. The van der Waals surface area contributed by atoms with Gasteiger partial charge in [0.15, 0.2) is 5.78 Å². The lowest BCUT2D eigenvalue weighted by Gasteiger charge is -2.34. The van der Waals surface area contributed by atoms with E-state index >= 15 is 0 Å². The number of aryl methyl sites for hydroxylation is 1. The van der Waals surface area contributed by atoms with E-state index in [-0.39, 0.29) is 11.7 Å². The van der Waals surface area contributed by atoms with E-state index in [1.54, 1.807) is 19.3 Å². The fraction of sp³-hybridized carbons (Fsp3) is 0.471. The molecule has 23 heavy (non-hydrogen) atoms. The molecule has 6 heteroatoms. The standard InChI is InChI=1S/C17H22N4O2/c1-12(22)14-3-4-15(19-11-14)21-8-5-13(6-9-21)16(23)17-18-7-10-20(17)2/h3-4,7,10-11,13,16,23H,5-6,8-9H2,1-2H3/t16-/m0/s1. The molecule has 0 unspecified atom stereocenters. The van der Waals surface area contributed by atoms with Crippen molar-refractivity contribution in [3.63, 3.8) is 0 Å². The summed E-state index contributed by atoms with van der Waals surface area (Å²) in [5.74, 6) is 1.86. The van der Waals surface area contributed by atoms with Crippen LogP contribution in [0.4, 0.5) is 5.82 Å². The Balaban J connectivity index is 1.62. The van der Waals surface area contributed by atoms with Gasteiger partial charge in [-0.1, -0.05) is 0 Å². The Morgan fingerprint density at radius 3 is 2.57 bits per heavy atom. The molecular formula is C17H22N4O2. The largest absolute Gasteiger partial charge is 0.385 e. The van der Waals surface area contributed by atoms with Crippen LogP contribution in [0.15, 0.2) is 30.7 Å². The normalized spacial score (nSPS) is 17.3. The molecule has 0 aromatic carbocycles. The minimum atomic E-state index is -0.523. The molecule has 0 bridgehead atoms. The van der Waals surface area contributed by atoms with Crippen molar-refractivity contribution in [1.29, 1.82) is 0 Å². The Labute approximate surface area is 135 Å². The van der Waals surface area contributed by atoms with Gasteiger partial charge in [0.1, 0.15) is 17.7 Å². The maximum absolute atomic E-state index is 11.3. The van der Waals surface area contributed by atoms with Crippen molar-refractivity contribution in [3.05, 3.63) is 42.1 Å². The summed E-state index contributed by atoms with van der Waals surface area (Å²) in [5.41, 5.74) is 0.633. The first kappa shape index (κ1) is 15.7. The lowest BCUT2D eigenvalue weighted by molar-refractivity contribution is 0.0824. The number of hydrogen-bond donors (Lipinski definition) is 1. The number of pyridine rings is 1. The van der Waals surface area contributed by atoms with E-state index in [1.165, 1.54) is 0 Å². The van der Waals surface area contributed by atoms with Gasteiger partial charge in [0.05, 0.1) is 0 Å². The Morgan fingerprint density at radius 2 is 2.04 bits per heavy atom. The minimum absolute atomic E-state index is 0.0287. The minimum Gasteiger partial charge on any atom is -0.385 e. The van der Waals surface area contributed by atoms with Gasteiger partial charge in [-0.3, -0.25) is 4.79 Å². The third kappa shape index (κ3) is 3.27. The molecule has 1 N–H and O–H groups in total. The number of imidazole rings is 1. The molecule has 0 spiro atoms. The summed E-state index contributed by atoms with van der Waals surface area (Å²) < 4.78 is 1.87. The van der Waals surface area contributed by atoms with E-state index in [0.717, 1.165) is 37.6 Å². The first-order valence-electron chi connectivity index (χ1n) is 7.93. The maximum atomic E-state index is 11.3. The van der Waals surface area contributed by atoms with Crippen LogP contribution < -0.4 is 4.90 Å². The fourth-order valence-electron chi connectivity index (χ4n) is 3.10. The van der Waals surface area contributed by atoms with Crippen molar-refractivity contribution >= 4 is 11.6 Å². The quantitative estimate of drug-likeness (QED) is 0.874. The van der Waals surface area contributed by atoms with E-state index in [9.17, 15) is 9.90 Å². The summed E-state index contributed by atoms with van der Waals surface area (Å²) in [5, 5.41) is 10.5. The van der Waals surface area contributed by atoms with Crippen LogP contribution in [-0.2, 0) is 7.05 Å². The summed E-state index contributed by atoms with van der Waals surface area (Å²) in [6, 6.07) is 3.71. The number of Topliss-reactive ketones (excluding diaryl/α,β-unsaturated/α-hetero) is 1. The molecule has 1 fully saturated rings. The zero-order valence-corrected chi connectivity index (χ0v) is 13.5. The maximum Gasteiger partial charge on any atom is 0.161 e. The lowest BCUT2D eigenvalue weighted by atomic mass is 9.90. The smallest absolute Gasteiger partial charge is 0.161 e. The Morgan fingerprint density at radius 1 is 1.30 bits per heavy atom. The second-order valence-corrected chi connectivity index (χ2v) is 6.13. The van der Waals surface area contributed by atoms with Crippen molar-refractivity contribution < 1.29 is 9.90 Å². The number of aliphatic hydroxyl groups excluding tert-OH is 1. The number of hydrogen-bond acceptors (Lipinski definition) is 5. The molecular weight excluding hydrogens is 292 g/mol. The second-order valence-electron chi connectivity index (χ2n) is 6.13. The summed E-state index contributed by atoms with van der Waals surface area (Å²) >= 11 is 0. The Hall–Kier alpha value is -2.21. The number of carbonyl (C=O) groups excluding carboxylic acids is 1.